The molecule has 1 N–H and O–H groups in total. The molecule has 1 aromatic rings. The van der Waals surface area contributed by atoms with Crippen LogP contribution in [0.3, 0.4) is 0 Å². The van der Waals surface area contributed by atoms with E-state index in [9.17, 15) is 0 Å². The lowest BCUT2D eigenvalue weighted by Crippen LogP contribution is -2.33. The Kier molecular flexibility index (Phi) is 6.39. The minimum absolute atomic E-state index is 0.373. The Hall–Kier alpha value is -0.520. The normalized spacial score (nSPS) is 20.4. The largest absolute Gasteiger partial charge is 0.493 e. The van der Waals surface area contributed by atoms with Crippen molar-refractivity contribution in [3.05, 3.63) is 23.8 Å². The van der Waals surface area contributed by atoms with Crippen molar-refractivity contribution in [3.8, 4) is 11.5 Å². The topological polar surface area (TPSA) is 30.5 Å². The van der Waals surface area contributed by atoms with E-state index in [4.69, 9.17) is 9.47 Å². The molecule has 112 valence electrons. The second-order valence-electron chi connectivity index (χ2n) is 4.63. The fourth-order valence-electron chi connectivity index (χ4n) is 2.43. The molecule has 1 saturated heterocycles. The number of benzene rings is 1. The zero-order valence-electron chi connectivity index (χ0n) is 12.3. The van der Waals surface area contributed by atoms with Crippen molar-refractivity contribution in [1.29, 1.82) is 0 Å². The maximum absolute atomic E-state index is 5.43. The lowest BCUT2D eigenvalue weighted by atomic mass is 10.0. The van der Waals surface area contributed by atoms with Crippen LogP contribution in [0, 0.1) is 0 Å². The van der Waals surface area contributed by atoms with Gasteiger partial charge in [-0.2, -0.15) is 23.5 Å². The number of ether oxygens (including phenoxy) is 2. The Balaban J connectivity index is 2.23. The van der Waals surface area contributed by atoms with Crippen LogP contribution in [0.2, 0.25) is 0 Å². The van der Waals surface area contributed by atoms with Crippen LogP contribution >= 0.6 is 23.5 Å². The molecular weight excluding hydrogens is 290 g/mol. The van der Waals surface area contributed by atoms with Crippen LogP contribution in [0.25, 0.3) is 0 Å². The van der Waals surface area contributed by atoms with E-state index in [0.29, 0.717) is 11.3 Å². The van der Waals surface area contributed by atoms with Gasteiger partial charge in [0, 0.05) is 28.6 Å². The van der Waals surface area contributed by atoms with Crippen LogP contribution in [0.4, 0.5) is 0 Å². The summed E-state index contributed by atoms with van der Waals surface area (Å²) in [4.78, 5) is 0. The molecule has 0 bridgehead atoms. The molecule has 1 aliphatic heterocycles. The Bertz CT molecular complexity index is 422. The predicted molar refractivity (Wildman–Crippen MR) is 89.5 cm³/mol. The van der Waals surface area contributed by atoms with Gasteiger partial charge in [-0.3, -0.25) is 0 Å². The number of hydrogen-bond donors (Lipinski definition) is 1. The minimum Gasteiger partial charge on any atom is -0.493 e. The van der Waals surface area contributed by atoms with Gasteiger partial charge in [-0.15, -0.1) is 0 Å². The number of rotatable bonds is 6. The van der Waals surface area contributed by atoms with E-state index in [-0.39, 0.29) is 0 Å². The van der Waals surface area contributed by atoms with Crippen LogP contribution < -0.4 is 14.8 Å². The quantitative estimate of drug-likeness (QED) is 0.871. The first-order valence-corrected chi connectivity index (χ1v) is 9.15. The number of nitrogens with one attached hydrogen (secondary N) is 1. The second kappa shape index (κ2) is 8.05. The summed E-state index contributed by atoms with van der Waals surface area (Å²) in [5.41, 5.74) is 1.28. The van der Waals surface area contributed by atoms with Gasteiger partial charge < -0.3 is 14.8 Å². The standard InChI is InChI=1S/C15H23NO2S2/c1-4-16-15(14-10-19-7-8-20-14)11-5-6-12(17-2)13(9-11)18-3/h5-6,9,14-16H,4,7-8,10H2,1-3H3. The highest BCUT2D eigenvalue weighted by molar-refractivity contribution is 8.06. The smallest absolute Gasteiger partial charge is 0.161 e. The molecule has 1 aliphatic rings. The SMILES string of the molecule is CCNC(c1ccc(OC)c(OC)c1)C1CSCCS1. The average Bonchev–Trinajstić information content (AvgIpc) is 2.52. The van der Waals surface area contributed by atoms with Crippen molar-refractivity contribution >= 4 is 23.5 Å². The second-order valence-corrected chi connectivity index (χ2v) is 7.13. The van der Waals surface area contributed by atoms with Gasteiger partial charge >= 0.3 is 0 Å². The fraction of sp³-hybridized carbons (Fsp3) is 0.600. The van der Waals surface area contributed by atoms with Crippen molar-refractivity contribution in [2.75, 3.05) is 38.0 Å². The summed E-state index contributed by atoms with van der Waals surface area (Å²) >= 11 is 4.13. The maximum Gasteiger partial charge on any atom is 0.161 e. The first kappa shape index (κ1) is 15.9. The van der Waals surface area contributed by atoms with Gasteiger partial charge in [0.25, 0.3) is 0 Å². The molecule has 0 saturated carbocycles. The molecule has 1 aromatic carbocycles. The average molecular weight is 313 g/mol. The predicted octanol–water partition coefficient (Wildman–Crippen LogP) is 3.20. The van der Waals surface area contributed by atoms with Crippen LogP contribution in [0.1, 0.15) is 18.5 Å². The first-order chi connectivity index (χ1) is 9.80. The van der Waals surface area contributed by atoms with Crippen molar-refractivity contribution in [3.63, 3.8) is 0 Å². The van der Waals surface area contributed by atoms with Gasteiger partial charge in [0.1, 0.15) is 0 Å². The molecule has 5 heteroatoms. The van der Waals surface area contributed by atoms with Crippen molar-refractivity contribution < 1.29 is 9.47 Å². The molecule has 0 aromatic heterocycles. The van der Waals surface area contributed by atoms with Crippen molar-refractivity contribution in [2.24, 2.45) is 0 Å². The maximum atomic E-state index is 5.43. The van der Waals surface area contributed by atoms with E-state index in [2.05, 4.69) is 47.9 Å². The van der Waals surface area contributed by atoms with E-state index in [0.717, 1.165) is 18.0 Å². The van der Waals surface area contributed by atoms with E-state index in [1.54, 1.807) is 14.2 Å². The third kappa shape index (κ3) is 3.77. The monoisotopic (exact) mass is 313 g/mol. The summed E-state index contributed by atoms with van der Waals surface area (Å²) < 4.78 is 10.7. The van der Waals surface area contributed by atoms with Gasteiger partial charge in [-0.1, -0.05) is 13.0 Å². The highest BCUT2D eigenvalue weighted by Crippen LogP contribution is 2.36. The molecule has 1 fully saturated rings. The van der Waals surface area contributed by atoms with E-state index >= 15 is 0 Å². The number of thioether (sulfide) groups is 2. The number of methoxy groups -OCH3 is 2. The lowest BCUT2D eigenvalue weighted by molar-refractivity contribution is 0.354. The molecule has 20 heavy (non-hydrogen) atoms. The summed E-state index contributed by atoms with van der Waals surface area (Å²) in [7, 11) is 3.36. The Labute approximate surface area is 130 Å². The Morgan fingerprint density at radius 1 is 1.25 bits per heavy atom. The minimum atomic E-state index is 0.373. The molecule has 2 unspecified atom stereocenters. The summed E-state index contributed by atoms with van der Waals surface area (Å²) in [6, 6.07) is 6.62. The Morgan fingerprint density at radius 3 is 2.65 bits per heavy atom. The zero-order chi connectivity index (χ0) is 14.4. The third-order valence-corrected chi connectivity index (χ3v) is 6.27. The zero-order valence-corrected chi connectivity index (χ0v) is 14.0. The van der Waals surface area contributed by atoms with E-state index < -0.39 is 0 Å². The van der Waals surface area contributed by atoms with Gasteiger partial charge in [-0.25, -0.2) is 0 Å². The third-order valence-electron chi connectivity index (χ3n) is 3.40. The van der Waals surface area contributed by atoms with E-state index in [1.165, 1.54) is 22.8 Å². The molecule has 0 spiro atoms. The van der Waals surface area contributed by atoms with Crippen LogP contribution in [0.15, 0.2) is 18.2 Å². The van der Waals surface area contributed by atoms with Gasteiger partial charge in [0.05, 0.1) is 14.2 Å². The van der Waals surface area contributed by atoms with Gasteiger partial charge in [-0.05, 0) is 24.2 Å². The summed E-state index contributed by atoms with van der Waals surface area (Å²) in [5, 5.41) is 4.24. The molecule has 1 heterocycles. The molecule has 0 amide bonds. The summed E-state index contributed by atoms with van der Waals surface area (Å²) in [5.74, 6) is 5.31. The molecule has 2 atom stereocenters. The lowest BCUT2D eigenvalue weighted by Gasteiger charge is -2.30. The van der Waals surface area contributed by atoms with Crippen LogP contribution in [-0.2, 0) is 0 Å². The summed E-state index contributed by atoms with van der Waals surface area (Å²) in [6.07, 6.45) is 0. The first-order valence-electron chi connectivity index (χ1n) is 6.94. The highest BCUT2D eigenvalue weighted by atomic mass is 32.2. The molecular formula is C15H23NO2S2. The molecule has 0 aliphatic carbocycles. The van der Waals surface area contributed by atoms with Crippen molar-refractivity contribution in [2.45, 2.75) is 18.2 Å². The molecule has 0 radical (unpaired) electrons. The highest BCUT2D eigenvalue weighted by Gasteiger charge is 2.26. The molecule has 3 nitrogen and oxygen atoms in total. The van der Waals surface area contributed by atoms with Crippen LogP contribution in [0.5, 0.6) is 11.5 Å². The Morgan fingerprint density at radius 2 is 2.05 bits per heavy atom. The van der Waals surface area contributed by atoms with Crippen LogP contribution in [-0.4, -0.2) is 43.3 Å². The van der Waals surface area contributed by atoms with E-state index in [1.807, 2.05) is 6.07 Å². The summed E-state index contributed by atoms with van der Waals surface area (Å²) in [6.45, 7) is 3.13. The number of hydrogen-bond acceptors (Lipinski definition) is 5. The van der Waals surface area contributed by atoms with Gasteiger partial charge in [0.15, 0.2) is 11.5 Å². The van der Waals surface area contributed by atoms with Gasteiger partial charge in [0.2, 0.25) is 0 Å². The fourth-order valence-corrected chi connectivity index (χ4v) is 5.30. The van der Waals surface area contributed by atoms with Crippen molar-refractivity contribution in [1.82, 2.24) is 5.32 Å². The molecule has 2 rings (SSSR count).